The Balaban J connectivity index is 2.03. The number of benzene rings is 1. The number of aromatic nitrogens is 3. The summed E-state index contributed by atoms with van der Waals surface area (Å²) in [5, 5.41) is 6.48. The maximum absolute atomic E-state index is 5.80. The maximum Gasteiger partial charge on any atom is 0.239 e. The van der Waals surface area contributed by atoms with Crippen molar-refractivity contribution in [2.45, 2.75) is 0 Å². The Hall–Kier alpha value is -3.16. The van der Waals surface area contributed by atoms with Crippen molar-refractivity contribution in [1.29, 1.82) is 0 Å². The van der Waals surface area contributed by atoms with E-state index >= 15 is 0 Å². The van der Waals surface area contributed by atoms with E-state index in [0.29, 0.717) is 34.6 Å². The zero-order chi connectivity index (χ0) is 16.4. The molecule has 0 atom stereocenters. The van der Waals surface area contributed by atoms with Gasteiger partial charge >= 0.3 is 0 Å². The number of nitrogen functional groups attached to an aromatic ring is 1. The number of nitrogens with two attached hydrogens (primary N) is 1. The molecule has 0 amide bonds. The number of methoxy groups -OCH3 is 3. The zero-order valence-electron chi connectivity index (χ0n) is 12.9. The number of hydrogen-bond acceptors (Lipinski definition) is 7. The van der Waals surface area contributed by atoms with Gasteiger partial charge in [-0.15, -0.1) is 5.10 Å². The summed E-state index contributed by atoms with van der Waals surface area (Å²) in [6.45, 7) is 0. The third-order valence-electron chi connectivity index (χ3n) is 3.29. The molecule has 3 N–H and O–H groups in total. The van der Waals surface area contributed by atoms with Gasteiger partial charge in [-0.2, -0.15) is 4.98 Å². The maximum atomic E-state index is 5.80. The Morgan fingerprint density at radius 1 is 1.00 bits per heavy atom. The molecule has 1 aromatic carbocycles. The summed E-state index contributed by atoms with van der Waals surface area (Å²) in [5.41, 5.74) is 6.28. The van der Waals surface area contributed by atoms with E-state index in [2.05, 4.69) is 15.2 Å². The highest BCUT2D eigenvalue weighted by Gasteiger charge is 2.17. The summed E-state index contributed by atoms with van der Waals surface area (Å²) >= 11 is 0. The molecule has 2 heterocycles. The smallest absolute Gasteiger partial charge is 0.239 e. The lowest BCUT2D eigenvalue weighted by Crippen LogP contribution is -1.95. The Bertz CT molecular complexity index is 799. The first-order valence-corrected chi connectivity index (χ1v) is 6.74. The van der Waals surface area contributed by atoms with Gasteiger partial charge < -0.3 is 24.4 Å². The van der Waals surface area contributed by atoms with Gasteiger partial charge in [0.2, 0.25) is 11.7 Å². The van der Waals surface area contributed by atoms with Crippen LogP contribution in [0, 0.1) is 0 Å². The topological polar surface area (TPSA) is 108 Å². The van der Waals surface area contributed by atoms with Crippen LogP contribution in [0.3, 0.4) is 0 Å². The first kappa shape index (κ1) is 14.8. The van der Waals surface area contributed by atoms with Gasteiger partial charge in [-0.1, -0.05) is 0 Å². The van der Waals surface area contributed by atoms with E-state index in [1.807, 2.05) is 6.07 Å². The van der Waals surface area contributed by atoms with Gasteiger partial charge in [0.15, 0.2) is 23.1 Å². The molecule has 8 heteroatoms. The van der Waals surface area contributed by atoms with Crippen LogP contribution in [0.25, 0.3) is 22.9 Å². The minimum absolute atomic E-state index is 0.158. The van der Waals surface area contributed by atoms with E-state index in [0.717, 1.165) is 5.56 Å². The van der Waals surface area contributed by atoms with Crippen molar-refractivity contribution in [2.24, 2.45) is 0 Å². The molecule has 0 unspecified atom stereocenters. The number of ether oxygens (including phenoxy) is 3. The summed E-state index contributed by atoms with van der Waals surface area (Å²) < 4.78 is 21.8. The van der Waals surface area contributed by atoms with Gasteiger partial charge in [0.25, 0.3) is 0 Å². The van der Waals surface area contributed by atoms with Crippen LogP contribution in [0.2, 0.25) is 0 Å². The number of nitrogens with zero attached hydrogens (tertiary/aromatic N) is 2. The molecule has 0 aliphatic rings. The molecule has 0 aliphatic heterocycles. The van der Waals surface area contributed by atoms with E-state index in [9.17, 15) is 0 Å². The molecule has 3 rings (SSSR count). The third-order valence-corrected chi connectivity index (χ3v) is 3.29. The van der Waals surface area contributed by atoms with Crippen LogP contribution in [0.4, 0.5) is 5.95 Å². The van der Waals surface area contributed by atoms with Crippen molar-refractivity contribution >= 4 is 5.95 Å². The molecule has 3 aromatic rings. The minimum atomic E-state index is 0.158. The molecule has 120 valence electrons. The fourth-order valence-corrected chi connectivity index (χ4v) is 2.23. The van der Waals surface area contributed by atoms with Crippen molar-refractivity contribution < 1.29 is 18.6 Å². The van der Waals surface area contributed by atoms with Crippen LogP contribution in [-0.2, 0) is 0 Å². The van der Waals surface area contributed by atoms with Gasteiger partial charge in [-0.05, 0) is 24.3 Å². The summed E-state index contributed by atoms with van der Waals surface area (Å²) in [6, 6.07) is 7.20. The number of anilines is 1. The van der Waals surface area contributed by atoms with Crippen molar-refractivity contribution in [3.05, 3.63) is 24.3 Å². The van der Waals surface area contributed by atoms with E-state index in [1.54, 1.807) is 39.5 Å². The van der Waals surface area contributed by atoms with Crippen LogP contribution < -0.4 is 19.9 Å². The second-order valence-electron chi connectivity index (χ2n) is 4.62. The van der Waals surface area contributed by atoms with E-state index in [4.69, 9.17) is 24.4 Å². The third kappa shape index (κ3) is 2.66. The van der Waals surface area contributed by atoms with Crippen LogP contribution in [-0.4, -0.2) is 36.5 Å². The second kappa shape index (κ2) is 5.91. The predicted octanol–water partition coefficient (Wildman–Crippen LogP) is 2.34. The second-order valence-corrected chi connectivity index (χ2v) is 4.62. The number of rotatable bonds is 5. The van der Waals surface area contributed by atoms with Gasteiger partial charge in [0.1, 0.15) is 5.76 Å². The number of H-pyrrole nitrogens is 1. The quantitative estimate of drug-likeness (QED) is 0.743. The molecule has 0 aliphatic carbocycles. The van der Waals surface area contributed by atoms with Crippen molar-refractivity contribution in [1.82, 2.24) is 15.2 Å². The van der Waals surface area contributed by atoms with Crippen LogP contribution in [0.5, 0.6) is 17.2 Å². The monoisotopic (exact) mass is 316 g/mol. The number of hydrogen-bond donors (Lipinski definition) is 2. The lowest BCUT2D eigenvalue weighted by Gasteiger charge is -2.13. The Kier molecular flexibility index (Phi) is 3.80. The first-order chi connectivity index (χ1) is 11.2. The minimum Gasteiger partial charge on any atom is -0.493 e. The van der Waals surface area contributed by atoms with Crippen LogP contribution in [0.1, 0.15) is 0 Å². The molecule has 0 saturated carbocycles. The number of furan rings is 1. The molecule has 0 saturated heterocycles. The molecule has 2 aromatic heterocycles. The highest BCUT2D eigenvalue weighted by atomic mass is 16.5. The molecular weight excluding hydrogens is 300 g/mol. The first-order valence-electron chi connectivity index (χ1n) is 6.74. The SMILES string of the molecule is COc1cc(-c2ccc(-c3nc(N)n[nH]3)o2)cc(OC)c1OC. The van der Waals surface area contributed by atoms with Crippen LogP contribution in [0.15, 0.2) is 28.7 Å². The number of aromatic amines is 1. The van der Waals surface area contributed by atoms with Crippen molar-refractivity contribution in [3.8, 4) is 40.2 Å². The largest absolute Gasteiger partial charge is 0.493 e. The molecule has 8 nitrogen and oxygen atoms in total. The molecular formula is C15H16N4O4. The van der Waals surface area contributed by atoms with Crippen molar-refractivity contribution in [2.75, 3.05) is 27.1 Å². The summed E-state index contributed by atoms with van der Waals surface area (Å²) in [7, 11) is 4.68. The Morgan fingerprint density at radius 3 is 2.17 bits per heavy atom. The lowest BCUT2D eigenvalue weighted by molar-refractivity contribution is 0.324. The summed E-state index contributed by atoms with van der Waals surface area (Å²) in [6.07, 6.45) is 0. The van der Waals surface area contributed by atoms with Gasteiger partial charge in [-0.3, -0.25) is 5.10 Å². The highest BCUT2D eigenvalue weighted by Crippen LogP contribution is 2.41. The molecule has 0 radical (unpaired) electrons. The molecule has 0 fully saturated rings. The summed E-state index contributed by atoms with van der Waals surface area (Å²) in [4.78, 5) is 4.03. The standard InChI is InChI=1S/C15H16N4O4/c1-20-11-6-8(7-12(21-2)13(11)22-3)9-4-5-10(23-9)14-17-15(16)19-18-14/h4-7H,1-3H3,(H3,16,17,18,19). The molecule has 0 bridgehead atoms. The van der Waals surface area contributed by atoms with Crippen molar-refractivity contribution in [3.63, 3.8) is 0 Å². The predicted molar refractivity (Wildman–Crippen MR) is 83.6 cm³/mol. The highest BCUT2D eigenvalue weighted by molar-refractivity contribution is 5.69. The average Bonchev–Trinajstić information content (AvgIpc) is 3.22. The lowest BCUT2D eigenvalue weighted by atomic mass is 10.1. The van der Waals surface area contributed by atoms with E-state index < -0.39 is 0 Å². The normalized spacial score (nSPS) is 10.6. The van der Waals surface area contributed by atoms with Gasteiger partial charge in [0, 0.05) is 5.56 Å². The molecule has 23 heavy (non-hydrogen) atoms. The zero-order valence-corrected chi connectivity index (χ0v) is 12.9. The van der Waals surface area contributed by atoms with E-state index in [1.165, 1.54) is 0 Å². The number of nitrogens with one attached hydrogen (secondary N) is 1. The average molecular weight is 316 g/mol. The van der Waals surface area contributed by atoms with Gasteiger partial charge in [0.05, 0.1) is 21.3 Å². The Labute approximate surface area is 132 Å². The van der Waals surface area contributed by atoms with Crippen LogP contribution >= 0.6 is 0 Å². The molecule has 0 spiro atoms. The van der Waals surface area contributed by atoms with Gasteiger partial charge in [-0.25, -0.2) is 0 Å². The fourth-order valence-electron chi connectivity index (χ4n) is 2.23. The fraction of sp³-hybridized carbons (Fsp3) is 0.200. The van der Waals surface area contributed by atoms with E-state index in [-0.39, 0.29) is 5.95 Å². The Morgan fingerprint density at radius 2 is 1.65 bits per heavy atom. The summed E-state index contributed by atoms with van der Waals surface area (Å²) in [5.74, 6) is 3.38.